The summed E-state index contributed by atoms with van der Waals surface area (Å²) in [6, 6.07) is 7.55. The second kappa shape index (κ2) is 8.16. The summed E-state index contributed by atoms with van der Waals surface area (Å²) in [6.45, 7) is 5.28. The third-order valence-electron chi connectivity index (χ3n) is 2.84. The Morgan fingerprint density at radius 2 is 1.90 bits per heavy atom. The van der Waals surface area contributed by atoms with Crippen LogP contribution in [0.15, 0.2) is 24.3 Å². The molecule has 110 valence electrons. The van der Waals surface area contributed by atoms with E-state index in [4.69, 9.17) is 5.73 Å². The van der Waals surface area contributed by atoms with Crippen LogP contribution in [0.25, 0.3) is 0 Å². The number of nitrogens with one attached hydrogen (secondary N) is 3. The summed E-state index contributed by atoms with van der Waals surface area (Å²) in [4.78, 5) is 22.1. The first-order valence-electron chi connectivity index (χ1n) is 6.69. The van der Waals surface area contributed by atoms with E-state index in [1.165, 1.54) is 0 Å². The van der Waals surface area contributed by atoms with Crippen LogP contribution in [0, 0.1) is 0 Å². The predicted molar refractivity (Wildman–Crippen MR) is 79.4 cm³/mol. The molecule has 0 bridgehead atoms. The van der Waals surface area contributed by atoms with Crippen molar-refractivity contribution in [3.05, 3.63) is 29.8 Å². The van der Waals surface area contributed by atoms with Crippen molar-refractivity contribution in [3.63, 3.8) is 0 Å². The first-order valence-corrected chi connectivity index (χ1v) is 6.69. The topological polar surface area (TPSA) is 96.2 Å². The van der Waals surface area contributed by atoms with Crippen LogP contribution in [-0.4, -0.2) is 25.0 Å². The molecule has 0 aliphatic rings. The Morgan fingerprint density at radius 1 is 1.25 bits per heavy atom. The summed E-state index contributed by atoms with van der Waals surface area (Å²) in [5.41, 5.74) is 6.85. The Morgan fingerprint density at radius 3 is 2.45 bits per heavy atom. The van der Waals surface area contributed by atoms with Crippen LogP contribution in [0.4, 0.5) is 10.5 Å². The molecule has 0 aliphatic heterocycles. The highest BCUT2D eigenvalue weighted by Crippen LogP contribution is 2.15. The van der Waals surface area contributed by atoms with Gasteiger partial charge in [0, 0.05) is 24.7 Å². The van der Waals surface area contributed by atoms with Crippen molar-refractivity contribution < 1.29 is 9.59 Å². The van der Waals surface area contributed by atoms with Crippen molar-refractivity contribution in [2.24, 2.45) is 5.73 Å². The van der Waals surface area contributed by atoms with Gasteiger partial charge in [-0.1, -0.05) is 19.1 Å². The predicted octanol–water partition coefficient (Wildman–Crippen LogP) is 1.35. The molecule has 1 aromatic rings. The monoisotopic (exact) mass is 278 g/mol. The number of anilines is 1. The maximum atomic E-state index is 11.5. The Bertz CT molecular complexity index is 445. The van der Waals surface area contributed by atoms with E-state index < -0.39 is 5.91 Å². The van der Waals surface area contributed by atoms with Gasteiger partial charge in [-0.05, 0) is 31.2 Å². The summed E-state index contributed by atoms with van der Waals surface area (Å²) in [5, 5.41) is 8.57. The zero-order chi connectivity index (χ0) is 15.0. The third-order valence-corrected chi connectivity index (χ3v) is 2.84. The Kier molecular flexibility index (Phi) is 6.52. The van der Waals surface area contributed by atoms with E-state index in [1.54, 1.807) is 0 Å². The number of primary amides is 1. The van der Waals surface area contributed by atoms with Gasteiger partial charge >= 0.3 is 6.03 Å². The minimum absolute atomic E-state index is 0.132. The Hall–Kier alpha value is -2.08. The molecule has 1 atom stereocenters. The largest absolute Gasteiger partial charge is 0.370 e. The van der Waals surface area contributed by atoms with E-state index in [9.17, 15) is 9.59 Å². The molecule has 1 unspecified atom stereocenters. The molecule has 0 heterocycles. The molecular weight excluding hydrogens is 256 g/mol. The minimum atomic E-state index is -0.438. The molecule has 0 spiro atoms. The van der Waals surface area contributed by atoms with E-state index in [0.717, 1.165) is 12.1 Å². The van der Waals surface area contributed by atoms with Crippen molar-refractivity contribution in [3.8, 4) is 0 Å². The Balaban J connectivity index is 2.44. The minimum Gasteiger partial charge on any atom is -0.370 e. The van der Waals surface area contributed by atoms with Crippen molar-refractivity contribution in [2.45, 2.75) is 26.3 Å². The van der Waals surface area contributed by atoms with Crippen LogP contribution in [-0.2, 0) is 4.79 Å². The highest BCUT2D eigenvalue weighted by molar-refractivity contribution is 5.89. The van der Waals surface area contributed by atoms with Gasteiger partial charge < -0.3 is 21.7 Å². The number of carbonyl (C=O) groups excluding carboxylic acids is 2. The number of hydrogen-bond donors (Lipinski definition) is 4. The van der Waals surface area contributed by atoms with E-state index >= 15 is 0 Å². The fourth-order valence-corrected chi connectivity index (χ4v) is 1.75. The molecule has 3 amide bonds. The second-order valence-corrected chi connectivity index (χ2v) is 4.50. The quantitative estimate of drug-likeness (QED) is 0.606. The number of urea groups is 1. The maximum absolute atomic E-state index is 11.5. The van der Waals surface area contributed by atoms with Gasteiger partial charge in [0.1, 0.15) is 0 Å². The number of hydrogen-bond acceptors (Lipinski definition) is 3. The van der Waals surface area contributed by atoms with E-state index in [0.29, 0.717) is 5.69 Å². The molecule has 6 nitrogen and oxygen atoms in total. The van der Waals surface area contributed by atoms with Crippen molar-refractivity contribution >= 4 is 17.6 Å². The van der Waals surface area contributed by atoms with E-state index in [-0.39, 0.29) is 25.0 Å². The van der Waals surface area contributed by atoms with Gasteiger partial charge in [-0.2, -0.15) is 0 Å². The fraction of sp³-hybridized carbons (Fsp3) is 0.429. The lowest BCUT2D eigenvalue weighted by atomic mass is 10.1. The highest BCUT2D eigenvalue weighted by atomic mass is 16.2. The Labute approximate surface area is 119 Å². The van der Waals surface area contributed by atoms with E-state index in [2.05, 4.69) is 29.8 Å². The highest BCUT2D eigenvalue weighted by Gasteiger charge is 2.05. The summed E-state index contributed by atoms with van der Waals surface area (Å²) < 4.78 is 0. The lowest BCUT2D eigenvalue weighted by Gasteiger charge is -2.13. The van der Waals surface area contributed by atoms with Crippen LogP contribution < -0.4 is 21.7 Å². The molecule has 0 saturated heterocycles. The molecule has 6 heteroatoms. The average molecular weight is 278 g/mol. The van der Waals surface area contributed by atoms with Gasteiger partial charge in [0.05, 0.1) is 0 Å². The number of nitrogens with two attached hydrogens (primary N) is 1. The molecule has 0 saturated carbocycles. The lowest BCUT2D eigenvalue weighted by Crippen LogP contribution is -2.31. The van der Waals surface area contributed by atoms with Crippen LogP contribution in [0.3, 0.4) is 0 Å². The zero-order valence-electron chi connectivity index (χ0n) is 11.9. The number of amides is 3. The number of benzene rings is 1. The number of rotatable bonds is 7. The van der Waals surface area contributed by atoms with Gasteiger partial charge in [0.25, 0.3) is 0 Å². The van der Waals surface area contributed by atoms with Gasteiger partial charge in [-0.15, -0.1) is 0 Å². The first kappa shape index (κ1) is 16.0. The van der Waals surface area contributed by atoms with Crippen molar-refractivity contribution in [2.75, 3.05) is 18.4 Å². The first-order chi connectivity index (χ1) is 9.52. The van der Waals surface area contributed by atoms with Gasteiger partial charge in [0.2, 0.25) is 5.91 Å². The maximum Gasteiger partial charge on any atom is 0.319 e. The standard InChI is InChI=1S/C14H22N4O2/c1-3-16-10(2)11-4-6-12(7-5-11)18-14(20)17-9-8-13(15)19/h4-7,10,16H,3,8-9H2,1-2H3,(H2,15,19)(H2,17,18,20). The molecule has 0 aromatic heterocycles. The van der Waals surface area contributed by atoms with Crippen molar-refractivity contribution in [1.82, 2.24) is 10.6 Å². The smallest absolute Gasteiger partial charge is 0.319 e. The van der Waals surface area contributed by atoms with Crippen LogP contribution in [0.5, 0.6) is 0 Å². The molecule has 1 rings (SSSR count). The molecule has 0 radical (unpaired) electrons. The number of carbonyl (C=O) groups is 2. The van der Waals surface area contributed by atoms with Crippen LogP contribution in [0.2, 0.25) is 0 Å². The molecule has 1 aromatic carbocycles. The van der Waals surface area contributed by atoms with Gasteiger partial charge in [-0.25, -0.2) is 4.79 Å². The van der Waals surface area contributed by atoms with Crippen LogP contribution >= 0.6 is 0 Å². The third kappa shape index (κ3) is 5.71. The van der Waals surface area contributed by atoms with Crippen LogP contribution in [0.1, 0.15) is 31.9 Å². The molecule has 0 aliphatic carbocycles. The molecule has 0 fully saturated rings. The molecule has 5 N–H and O–H groups in total. The molecular formula is C14H22N4O2. The SMILES string of the molecule is CCNC(C)c1ccc(NC(=O)NCCC(N)=O)cc1. The zero-order valence-corrected chi connectivity index (χ0v) is 11.9. The molecule has 20 heavy (non-hydrogen) atoms. The van der Waals surface area contributed by atoms with E-state index in [1.807, 2.05) is 24.3 Å². The van der Waals surface area contributed by atoms with Gasteiger partial charge in [0.15, 0.2) is 0 Å². The fourth-order valence-electron chi connectivity index (χ4n) is 1.75. The summed E-state index contributed by atoms with van der Waals surface area (Å²) >= 11 is 0. The lowest BCUT2D eigenvalue weighted by molar-refractivity contribution is -0.117. The average Bonchev–Trinajstić information content (AvgIpc) is 2.39. The van der Waals surface area contributed by atoms with Gasteiger partial charge in [-0.3, -0.25) is 4.79 Å². The summed E-state index contributed by atoms with van der Waals surface area (Å²) in [5.74, 6) is -0.438. The van der Waals surface area contributed by atoms with Crippen molar-refractivity contribution in [1.29, 1.82) is 0 Å². The summed E-state index contributed by atoms with van der Waals surface area (Å²) in [7, 11) is 0. The second-order valence-electron chi connectivity index (χ2n) is 4.50. The normalized spacial score (nSPS) is 11.7. The summed E-state index contributed by atoms with van der Waals surface area (Å²) in [6.07, 6.45) is 0.132.